The number of carbonyl (C=O) groups excluding carboxylic acids is 1. The molecule has 0 radical (unpaired) electrons. The lowest BCUT2D eigenvalue weighted by Gasteiger charge is -2.37. The van der Waals surface area contributed by atoms with Gasteiger partial charge in [-0.25, -0.2) is 4.98 Å². The zero-order valence-corrected chi connectivity index (χ0v) is 17.4. The second-order valence-corrected chi connectivity index (χ2v) is 7.80. The molecule has 1 saturated heterocycles. The number of rotatable bonds is 4. The molecule has 0 atom stereocenters. The van der Waals surface area contributed by atoms with E-state index in [4.69, 9.17) is 0 Å². The van der Waals surface area contributed by atoms with Crippen molar-refractivity contribution in [2.24, 2.45) is 0 Å². The molecule has 0 bridgehead atoms. The van der Waals surface area contributed by atoms with E-state index in [1.807, 2.05) is 48.5 Å². The Kier molecular flexibility index (Phi) is 5.38. The number of aromatic nitrogens is 2. The van der Waals surface area contributed by atoms with Crippen molar-refractivity contribution < 1.29 is 4.79 Å². The van der Waals surface area contributed by atoms with Crippen molar-refractivity contribution in [1.82, 2.24) is 14.5 Å². The van der Waals surface area contributed by atoms with E-state index in [1.165, 1.54) is 22.4 Å². The first-order valence-electron chi connectivity index (χ1n) is 10.2. The zero-order chi connectivity index (χ0) is 20.4. The van der Waals surface area contributed by atoms with E-state index in [1.54, 1.807) is 0 Å². The molecular weight excluding hydrogens is 360 g/mol. The molecule has 1 fully saturated rings. The number of anilines is 1. The summed E-state index contributed by atoms with van der Waals surface area (Å²) >= 11 is 0. The van der Waals surface area contributed by atoms with Crippen LogP contribution >= 0.6 is 0 Å². The van der Waals surface area contributed by atoms with Crippen LogP contribution in [0.1, 0.15) is 32.9 Å². The minimum absolute atomic E-state index is 0.121. The molecule has 0 N–H and O–H groups in total. The van der Waals surface area contributed by atoms with E-state index < -0.39 is 0 Å². The van der Waals surface area contributed by atoms with Gasteiger partial charge in [-0.3, -0.25) is 4.79 Å². The minimum atomic E-state index is 0.121. The number of hydrogen-bond acceptors (Lipinski definition) is 3. The SMILES string of the molecule is Cc1cccc(N2CCN(C(=O)c3ccc(Cn4ccnc4C)cc3)CC2)c1C. The van der Waals surface area contributed by atoms with Crippen LogP contribution in [0.4, 0.5) is 5.69 Å². The Hall–Kier alpha value is -3.08. The maximum Gasteiger partial charge on any atom is 0.253 e. The summed E-state index contributed by atoms with van der Waals surface area (Å²) < 4.78 is 2.10. The maximum absolute atomic E-state index is 12.9. The molecule has 2 heterocycles. The number of imidazole rings is 1. The summed E-state index contributed by atoms with van der Waals surface area (Å²) in [5.41, 5.74) is 5.86. The number of hydrogen-bond donors (Lipinski definition) is 0. The Labute approximate surface area is 172 Å². The van der Waals surface area contributed by atoms with Gasteiger partial charge in [0.15, 0.2) is 0 Å². The molecule has 1 amide bonds. The summed E-state index contributed by atoms with van der Waals surface area (Å²) in [5, 5.41) is 0. The molecule has 0 saturated carbocycles. The predicted octanol–water partition coefficient (Wildman–Crippen LogP) is 3.82. The van der Waals surface area contributed by atoms with Gasteiger partial charge in [-0.2, -0.15) is 0 Å². The van der Waals surface area contributed by atoms with Crippen LogP contribution in [0.5, 0.6) is 0 Å². The van der Waals surface area contributed by atoms with Gasteiger partial charge < -0.3 is 14.4 Å². The number of benzene rings is 2. The van der Waals surface area contributed by atoms with Crippen molar-refractivity contribution in [1.29, 1.82) is 0 Å². The van der Waals surface area contributed by atoms with Gasteiger partial charge in [-0.05, 0) is 55.7 Å². The summed E-state index contributed by atoms with van der Waals surface area (Å²) in [6.45, 7) is 10.3. The van der Waals surface area contributed by atoms with Gasteiger partial charge in [0.1, 0.15) is 5.82 Å². The van der Waals surface area contributed by atoms with Crippen molar-refractivity contribution in [3.63, 3.8) is 0 Å². The van der Waals surface area contributed by atoms with Gasteiger partial charge in [-0.1, -0.05) is 24.3 Å². The van der Waals surface area contributed by atoms with Gasteiger partial charge in [0.25, 0.3) is 5.91 Å². The van der Waals surface area contributed by atoms with Gasteiger partial charge in [-0.15, -0.1) is 0 Å². The predicted molar refractivity (Wildman–Crippen MR) is 117 cm³/mol. The summed E-state index contributed by atoms with van der Waals surface area (Å²) in [4.78, 5) is 21.6. The van der Waals surface area contributed by atoms with Crippen molar-refractivity contribution in [3.05, 3.63) is 82.9 Å². The van der Waals surface area contributed by atoms with Crippen LogP contribution in [0, 0.1) is 20.8 Å². The molecule has 5 nitrogen and oxygen atoms in total. The highest BCUT2D eigenvalue weighted by atomic mass is 16.2. The van der Waals surface area contributed by atoms with E-state index in [0.717, 1.165) is 44.1 Å². The number of nitrogens with zero attached hydrogens (tertiary/aromatic N) is 4. The lowest BCUT2D eigenvalue weighted by atomic mass is 10.1. The Bertz CT molecular complexity index is 998. The standard InChI is InChI=1S/C24H28N4O/c1-18-5-4-6-23(19(18)2)26-13-15-27(16-14-26)24(29)22-9-7-21(8-10-22)17-28-12-11-25-20(28)3/h4-12H,13-17H2,1-3H3. The first-order valence-corrected chi connectivity index (χ1v) is 10.2. The van der Waals surface area contributed by atoms with Crippen molar-refractivity contribution in [3.8, 4) is 0 Å². The highest BCUT2D eigenvalue weighted by Crippen LogP contribution is 2.24. The smallest absolute Gasteiger partial charge is 0.253 e. The quantitative estimate of drug-likeness (QED) is 0.682. The van der Waals surface area contributed by atoms with Crippen molar-refractivity contribution in [2.75, 3.05) is 31.1 Å². The van der Waals surface area contributed by atoms with E-state index in [2.05, 4.69) is 46.5 Å². The average molecular weight is 389 g/mol. The van der Waals surface area contributed by atoms with E-state index in [9.17, 15) is 4.79 Å². The third-order valence-electron chi connectivity index (χ3n) is 5.96. The van der Waals surface area contributed by atoms with Crippen LogP contribution in [-0.4, -0.2) is 46.5 Å². The molecule has 4 rings (SSSR count). The van der Waals surface area contributed by atoms with E-state index in [-0.39, 0.29) is 5.91 Å². The largest absolute Gasteiger partial charge is 0.368 e. The van der Waals surface area contributed by atoms with Crippen LogP contribution in [0.25, 0.3) is 0 Å². The van der Waals surface area contributed by atoms with Gasteiger partial charge in [0.05, 0.1) is 0 Å². The first-order chi connectivity index (χ1) is 14.0. The highest BCUT2D eigenvalue weighted by Gasteiger charge is 2.23. The Morgan fingerprint density at radius 1 is 0.966 bits per heavy atom. The van der Waals surface area contributed by atoms with Crippen LogP contribution in [-0.2, 0) is 6.54 Å². The molecule has 1 aliphatic rings. The monoisotopic (exact) mass is 388 g/mol. The van der Waals surface area contributed by atoms with Gasteiger partial charge in [0, 0.05) is 56.4 Å². The van der Waals surface area contributed by atoms with Gasteiger partial charge >= 0.3 is 0 Å². The Morgan fingerprint density at radius 3 is 2.34 bits per heavy atom. The summed E-state index contributed by atoms with van der Waals surface area (Å²) in [6.07, 6.45) is 3.79. The molecule has 2 aromatic carbocycles. The topological polar surface area (TPSA) is 41.4 Å². The third-order valence-corrected chi connectivity index (χ3v) is 5.96. The van der Waals surface area contributed by atoms with Crippen molar-refractivity contribution >= 4 is 11.6 Å². The van der Waals surface area contributed by atoms with Crippen LogP contribution < -0.4 is 4.90 Å². The zero-order valence-electron chi connectivity index (χ0n) is 17.4. The van der Waals surface area contributed by atoms with Crippen LogP contribution in [0.2, 0.25) is 0 Å². The molecule has 150 valence electrons. The normalized spacial score (nSPS) is 14.3. The summed E-state index contributed by atoms with van der Waals surface area (Å²) in [7, 11) is 0. The van der Waals surface area contributed by atoms with Crippen LogP contribution in [0.3, 0.4) is 0 Å². The van der Waals surface area contributed by atoms with Crippen LogP contribution in [0.15, 0.2) is 54.9 Å². The molecule has 0 aliphatic carbocycles. The maximum atomic E-state index is 12.9. The molecule has 0 spiro atoms. The molecule has 0 unspecified atom stereocenters. The molecule has 5 heteroatoms. The molecule has 3 aromatic rings. The molecular formula is C24H28N4O. The van der Waals surface area contributed by atoms with E-state index in [0.29, 0.717) is 0 Å². The first kappa shape index (κ1) is 19.2. The Morgan fingerprint density at radius 2 is 1.69 bits per heavy atom. The highest BCUT2D eigenvalue weighted by molar-refractivity contribution is 5.94. The lowest BCUT2D eigenvalue weighted by Crippen LogP contribution is -2.49. The fourth-order valence-corrected chi connectivity index (χ4v) is 3.93. The fourth-order valence-electron chi connectivity index (χ4n) is 3.93. The van der Waals surface area contributed by atoms with Crippen molar-refractivity contribution in [2.45, 2.75) is 27.3 Å². The molecule has 1 aromatic heterocycles. The minimum Gasteiger partial charge on any atom is -0.368 e. The number of aryl methyl sites for hydroxylation is 2. The average Bonchev–Trinajstić information content (AvgIpc) is 3.15. The summed E-state index contributed by atoms with van der Waals surface area (Å²) in [6, 6.07) is 14.4. The second kappa shape index (κ2) is 8.11. The fraction of sp³-hybridized carbons (Fsp3) is 0.333. The Balaban J connectivity index is 1.38. The number of piperazine rings is 1. The van der Waals surface area contributed by atoms with Gasteiger partial charge in [0.2, 0.25) is 0 Å². The molecule has 1 aliphatic heterocycles. The number of carbonyl (C=O) groups is 1. The number of amides is 1. The second-order valence-electron chi connectivity index (χ2n) is 7.80. The molecule has 29 heavy (non-hydrogen) atoms. The third kappa shape index (κ3) is 4.04. The van der Waals surface area contributed by atoms with E-state index >= 15 is 0 Å². The lowest BCUT2D eigenvalue weighted by molar-refractivity contribution is 0.0746. The summed E-state index contributed by atoms with van der Waals surface area (Å²) in [5.74, 6) is 1.11.